The number of carboxylic acids is 1. The maximum Gasteiger partial charge on any atom is 0.358 e. The van der Waals surface area contributed by atoms with E-state index in [1.54, 1.807) is 32.2 Å². The molecule has 0 atom stereocenters. The first-order chi connectivity index (χ1) is 14.2. The van der Waals surface area contributed by atoms with Crippen molar-refractivity contribution in [3.8, 4) is 5.69 Å². The Balaban J connectivity index is 1.81. The quantitative estimate of drug-likeness (QED) is 0.553. The van der Waals surface area contributed by atoms with Crippen LogP contribution < -0.4 is 4.72 Å². The van der Waals surface area contributed by atoms with Gasteiger partial charge in [0, 0.05) is 11.9 Å². The van der Waals surface area contributed by atoms with Crippen molar-refractivity contribution in [1.29, 1.82) is 0 Å². The molecule has 30 heavy (non-hydrogen) atoms. The minimum Gasteiger partial charge on any atom is -0.478 e. The minimum absolute atomic E-state index is 0.113. The molecule has 10 heteroatoms. The molecular weight excluding hydrogens is 410 g/mol. The summed E-state index contributed by atoms with van der Waals surface area (Å²) in [6.07, 6.45) is 1.59. The molecule has 3 aromatic rings. The van der Waals surface area contributed by atoms with Crippen molar-refractivity contribution in [1.82, 2.24) is 9.78 Å². The number of nitrogens with one attached hydrogen (secondary N) is 1. The Morgan fingerprint density at radius 1 is 1.13 bits per heavy atom. The van der Waals surface area contributed by atoms with Crippen LogP contribution in [0.2, 0.25) is 0 Å². The number of aromatic nitrogens is 2. The first kappa shape index (κ1) is 21.1. The number of carbonyl (C=O) groups excluding carboxylic acids is 1. The molecule has 0 amide bonds. The smallest absolute Gasteiger partial charge is 0.358 e. The van der Waals surface area contributed by atoms with E-state index in [0.29, 0.717) is 11.3 Å². The zero-order chi connectivity index (χ0) is 21.9. The summed E-state index contributed by atoms with van der Waals surface area (Å²) in [4.78, 5) is 22.8. The molecule has 0 bridgehead atoms. The summed E-state index contributed by atoms with van der Waals surface area (Å²) in [5.41, 5.74) is 1.36. The molecule has 1 aromatic heterocycles. The Kier molecular flexibility index (Phi) is 5.88. The van der Waals surface area contributed by atoms with Gasteiger partial charge in [-0.05, 0) is 61.9 Å². The second kappa shape index (κ2) is 8.37. The van der Waals surface area contributed by atoms with Gasteiger partial charge >= 0.3 is 11.9 Å². The lowest BCUT2D eigenvalue weighted by Gasteiger charge is -2.11. The highest BCUT2D eigenvalue weighted by Crippen LogP contribution is 2.22. The number of hydrogen-bond acceptors (Lipinski definition) is 6. The third-order valence-corrected chi connectivity index (χ3v) is 5.71. The molecule has 0 aliphatic carbocycles. The molecule has 0 aliphatic rings. The third kappa shape index (κ3) is 4.49. The highest BCUT2D eigenvalue weighted by Gasteiger charge is 2.19. The van der Waals surface area contributed by atoms with E-state index in [1.807, 2.05) is 0 Å². The van der Waals surface area contributed by atoms with Crippen LogP contribution in [0.15, 0.2) is 59.6 Å². The van der Waals surface area contributed by atoms with Gasteiger partial charge in [0.15, 0.2) is 5.69 Å². The first-order valence-electron chi connectivity index (χ1n) is 8.91. The Morgan fingerprint density at radius 3 is 2.47 bits per heavy atom. The van der Waals surface area contributed by atoms with Crippen LogP contribution in [0.25, 0.3) is 5.69 Å². The highest BCUT2D eigenvalue weighted by atomic mass is 32.2. The number of nitrogens with zero attached hydrogens (tertiary/aromatic N) is 2. The van der Waals surface area contributed by atoms with E-state index in [9.17, 15) is 18.0 Å². The van der Waals surface area contributed by atoms with Gasteiger partial charge in [-0.15, -0.1) is 0 Å². The lowest BCUT2D eigenvalue weighted by molar-refractivity contribution is 0.0518. The van der Waals surface area contributed by atoms with Gasteiger partial charge in [-0.3, -0.25) is 4.72 Å². The Hall–Kier alpha value is -3.66. The molecule has 0 spiro atoms. The zero-order valence-corrected chi connectivity index (χ0v) is 17.0. The number of sulfonamides is 1. The first-order valence-corrected chi connectivity index (χ1v) is 10.4. The summed E-state index contributed by atoms with van der Waals surface area (Å²) in [6, 6.07) is 11.8. The Bertz CT molecular complexity index is 1200. The number of ether oxygens (including phenoxy) is 1. The van der Waals surface area contributed by atoms with E-state index in [1.165, 1.54) is 35.0 Å². The Morgan fingerprint density at radius 2 is 1.83 bits per heavy atom. The standard InChI is InChI=1S/C20H19N3O6S/c1-3-29-20(26)17-10-11-23(21-17)16-8-6-15(7-9-16)22-30(27,28)18-12-14(19(24)25)5-4-13(18)2/h4-12,22H,3H2,1-2H3,(H,24,25). The second-order valence-corrected chi connectivity index (χ2v) is 7.95. The van der Waals surface area contributed by atoms with Gasteiger partial charge in [0.1, 0.15) is 0 Å². The molecular formula is C20H19N3O6S. The van der Waals surface area contributed by atoms with Gasteiger partial charge < -0.3 is 9.84 Å². The normalized spacial score (nSPS) is 11.1. The Labute approximate surface area is 173 Å². The molecule has 9 nitrogen and oxygen atoms in total. The van der Waals surface area contributed by atoms with Gasteiger partial charge in [0.2, 0.25) is 0 Å². The van der Waals surface area contributed by atoms with E-state index < -0.39 is 22.0 Å². The molecule has 0 radical (unpaired) electrons. The lowest BCUT2D eigenvalue weighted by atomic mass is 10.1. The van der Waals surface area contributed by atoms with E-state index in [2.05, 4.69) is 9.82 Å². The maximum absolute atomic E-state index is 12.7. The molecule has 0 saturated carbocycles. The van der Waals surface area contributed by atoms with Crippen molar-refractivity contribution < 1.29 is 27.9 Å². The van der Waals surface area contributed by atoms with E-state index >= 15 is 0 Å². The fourth-order valence-electron chi connectivity index (χ4n) is 2.70. The van der Waals surface area contributed by atoms with Crippen LogP contribution in [0.5, 0.6) is 0 Å². The molecule has 0 fully saturated rings. The highest BCUT2D eigenvalue weighted by molar-refractivity contribution is 7.92. The fourth-order valence-corrected chi connectivity index (χ4v) is 4.03. The molecule has 3 rings (SSSR count). The number of anilines is 1. The van der Waals surface area contributed by atoms with Crippen LogP contribution in [-0.4, -0.2) is 41.9 Å². The molecule has 0 unspecified atom stereocenters. The van der Waals surface area contributed by atoms with Crippen molar-refractivity contribution in [3.63, 3.8) is 0 Å². The van der Waals surface area contributed by atoms with E-state index in [0.717, 1.165) is 6.07 Å². The summed E-state index contributed by atoms with van der Waals surface area (Å²) < 4.78 is 34.2. The van der Waals surface area contributed by atoms with Gasteiger partial charge in [-0.25, -0.2) is 22.7 Å². The van der Waals surface area contributed by atoms with Crippen molar-refractivity contribution in [3.05, 3.63) is 71.5 Å². The zero-order valence-electron chi connectivity index (χ0n) is 16.2. The summed E-state index contributed by atoms with van der Waals surface area (Å²) in [7, 11) is -3.99. The summed E-state index contributed by atoms with van der Waals surface area (Å²) in [6.45, 7) is 3.53. The predicted molar refractivity (Wildman–Crippen MR) is 108 cm³/mol. The monoisotopic (exact) mass is 429 g/mol. The average molecular weight is 429 g/mol. The topological polar surface area (TPSA) is 128 Å². The number of esters is 1. The van der Waals surface area contributed by atoms with E-state index in [-0.39, 0.29) is 28.4 Å². The van der Waals surface area contributed by atoms with Crippen LogP contribution in [0, 0.1) is 6.92 Å². The lowest BCUT2D eigenvalue weighted by Crippen LogP contribution is -2.15. The number of aromatic carboxylic acids is 1. The van der Waals surface area contributed by atoms with Gasteiger partial charge in [0.25, 0.3) is 10.0 Å². The fraction of sp³-hybridized carbons (Fsp3) is 0.150. The molecule has 0 saturated heterocycles. The summed E-state index contributed by atoms with van der Waals surface area (Å²) >= 11 is 0. The number of aryl methyl sites for hydroxylation is 1. The molecule has 156 valence electrons. The number of benzene rings is 2. The number of hydrogen-bond donors (Lipinski definition) is 2. The van der Waals surface area contributed by atoms with Gasteiger partial charge in [-0.2, -0.15) is 5.10 Å². The van der Waals surface area contributed by atoms with E-state index in [4.69, 9.17) is 9.84 Å². The van der Waals surface area contributed by atoms with Crippen molar-refractivity contribution >= 4 is 27.6 Å². The third-order valence-electron chi connectivity index (χ3n) is 4.18. The number of carboxylic acid groups (broad SMARTS) is 1. The summed E-state index contributed by atoms with van der Waals surface area (Å²) in [5.74, 6) is -1.74. The molecule has 2 aromatic carbocycles. The van der Waals surface area contributed by atoms with Crippen molar-refractivity contribution in [2.24, 2.45) is 0 Å². The molecule has 2 N–H and O–H groups in total. The largest absolute Gasteiger partial charge is 0.478 e. The van der Waals surface area contributed by atoms with Crippen molar-refractivity contribution in [2.75, 3.05) is 11.3 Å². The molecule has 0 aliphatic heterocycles. The minimum atomic E-state index is -3.99. The number of rotatable bonds is 7. The van der Waals surface area contributed by atoms with Crippen LogP contribution >= 0.6 is 0 Å². The second-order valence-electron chi connectivity index (χ2n) is 6.30. The SMILES string of the molecule is CCOC(=O)c1ccn(-c2ccc(NS(=O)(=O)c3cc(C(=O)O)ccc3C)cc2)n1. The maximum atomic E-state index is 12.7. The van der Waals surface area contributed by atoms with Crippen LogP contribution in [0.3, 0.4) is 0 Å². The average Bonchev–Trinajstić information content (AvgIpc) is 3.19. The summed E-state index contributed by atoms with van der Waals surface area (Å²) in [5, 5.41) is 13.2. The van der Waals surface area contributed by atoms with Crippen LogP contribution in [-0.2, 0) is 14.8 Å². The van der Waals surface area contributed by atoms with Gasteiger partial charge in [-0.1, -0.05) is 6.07 Å². The molecule has 1 heterocycles. The van der Waals surface area contributed by atoms with Crippen LogP contribution in [0.1, 0.15) is 33.3 Å². The van der Waals surface area contributed by atoms with Gasteiger partial charge in [0.05, 0.1) is 22.8 Å². The predicted octanol–water partition coefficient (Wildman–Crippen LogP) is 2.86. The van der Waals surface area contributed by atoms with Crippen LogP contribution in [0.4, 0.5) is 5.69 Å². The van der Waals surface area contributed by atoms with Crippen molar-refractivity contribution in [2.45, 2.75) is 18.7 Å². The number of carbonyl (C=O) groups is 2.